The third-order valence-corrected chi connectivity index (χ3v) is 6.92. The largest absolute Gasteiger partial charge is 0.477 e. The summed E-state index contributed by atoms with van der Waals surface area (Å²) in [5, 5.41) is 0. The van der Waals surface area contributed by atoms with Gasteiger partial charge >= 0.3 is 5.97 Å². The minimum absolute atomic E-state index is 0.162. The summed E-state index contributed by atoms with van der Waals surface area (Å²) >= 11 is 0. The third-order valence-electron chi connectivity index (χ3n) is 6.92. The number of allylic oxidation sites excluding steroid dienone is 3. The Labute approximate surface area is 172 Å². The van der Waals surface area contributed by atoms with Crippen molar-refractivity contribution in [3.8, 4) is 11.5 Å². The van der Waals surface area contributed by atoms with Gasteiger partial charge in [-0.15, -0.1) is 0 Å². The second-order valence-corrected chi connectivity index (χ2v) is 8.47. The Kier molecular flexibility index (Phi) is 5.11. The van der Waals surface area contributed by atoms with Crippen LogP contribution in [-0.2, 0) is 21.4 Å². The number of carbonyl (C=O) groups is 2. The fourth-order valence-electron chi connectivity index (χ4n) is 5.71. The topological polar surface area (TPSA) is 55.8 Å². The van der Waals surface area contributed by atoms with Crippen LogP contribution in [0.2, 0.25) is 0 Å². The molecule has 0 saturated heterocycles. The first-order valence-electron chi connectivity index (χ1n) is 10.5. The van der Waals surface area contributed by atoms with Gasteiger partial charge < -0.3 is 14.4 Å². The first kappa shape index (κ1) is 19.9. The van der Waals surface area contributed by atoms with E-state index in [9.17, 15) is 9.59 Å². The number of ketones is 1. The second kappa shape index (κ2) is 7.45. The van der Waals surface area contributed by atoms with Gasteiger partial charge in [-0.05, 0) is 57.8 Å². The highest BCUT2D eigenvalue weighted by Crippen LogP contribution is 2.61. The van der Waals surface area contributed by atoms with Crippen LogP contribution in [-0.4, -0.2) is 42.9 Å². The van der Waals surface area contributed by atoms with Crippen LogP contribution in [0.1, 0.15) is 44.2 Å². The maximum atomic E-state index is 12.9. The Bertz CT molecular complexity index is 900. The smallest absolute Gasteiger partial charge is 0.336 e. The summed E-state index contributed by atoms with van der Waals surface area (Å²) in [4.78, 5) is 27.4. The molecule has 0 bridgehead atoms. The SMILES string of the molecule is C/C=C/C=C/C(=O)Oc1ccc2c3c1O[C@H]1C(=O)CC[C@@H]([C@H](N(C)C)C2)[C@@]31CC. The number of Topliss-reactive ketones (excluding diaryl/α,β-unsaturated/α-hetero) is 1. The lowest BCUT2D eigenvalue weighted by Crippen LogP contribution is -2.60. The molecule has 5 heteroatoms. The van der Waals surface area contributed by atoms with E-state index in [0.717, 1.165) is 24.8 Å². The van der Waals surface area contributed by atoms with Gasteiger partial charge in [0, 0.05) is 29.5 Å². The number of rotatable bonds is 5. The molecule has 4 rings (SSSR count). The normalized spacial score (nSPS) is 30.1. The van der Waals surface area contributed by atoms with Crippen molar-refractivity contribution in [2.75, 3.05) is 14.1 Å². The molecule has 3 aliphatic rings. The van der Waals surface area contributed by atoms with E-state index in [-0.39, 0.29) is 11.2 Å². The number of hydrogen-bond acceptors (Lipinski definition) is 5. The Morgan fingerprint density at radius 2 is 2.14 bits per heavy atom. The molecule has 1 aromatic carbocycles. The average molecular weight is 395 g/mol. The van der Waals surface area contributed by atoms with E-state index >= 15 is 0 Å². The van der Waals surface area contributed by atoms with Gasteiger partial charge in [0.15, 0.2) is 23.4 Å². The summed E-state index contributed by atoms with van der Waals surface area (Å²) in [5.74, 6) is 1.07. The van der Waals surface area contributed by atoms with Gasteiger partial charge in [0.1, 0.15) is 0 Å². The van der Waals surface area contributed by atoms with Gasteiger partial charge in [0.2, 0.25) is 0 Å². The number of likely N-dealkylation sites (N-methyl/N-ethyl adjacent to an activating group) is 1. The number of hydrogen-bond donors (Lipinski definition) is 0. The van der Waals surface area contributed by atoms with Gasteiger partial charge in [0.05, 0.1) is 0 Å². The van der Waals surface area contributed by atoms with Crippen LogP contribution >= 0.6 is 0 Å². The molecular weight excluding hydrogens is 366 g/mol. The molecule has 1 fully saturated rings. The summed E-state index contributed by atoms with van der Waals surface area (Å²) in [5.41, 5.74) is 1.97. The zero-order valence-electron chi connectivity index (χ0n) is 17.6. The third kappa shape index (κ3) is 2.94. The van der Waals surface area contributed by atoms with Crippen LogP contribution in [0.15, 0.2) is 36.4 Å². The molecule has 1 heterocycles. The number of benzene rings is 1. The molecule has 5 nitrogen and oxygen atoms in total. The molecule has 0 N–H and O–H groups in total. The number of esters is 1. The van der Waals surface area contributed by atoms with Crippen molar-refractivity contribution in [3.63, 3.8) is 0 Å². The van der Waals surface area contributed by atoms with E-state index in [1.54, 1.807) is 12.2 Å². The zero-order chi connectivity index (χ0) is 20.8. The highest BCUT2D eigenvalue weighted by Gasteiger charge is 2.63. The first-order valence-corrected chi connectivity index (χ1v) is 10.5. The minimum atomic E-state index is -0.485. The van der Waals surface area contributed by atoms with Crippen molar-refractivity contribution in [1.82, 2.24) is 4.90 Å². The predicted molar refractivity (Wildman–Crippen MR) is 111 cm³/mol. The van der Waals surface area contributed by atoms with Crippen LogP contribution in [0, 0.1) is 5.92 Å². The molecule has 0 spiro atoms. The van der Waals surface area contributed by atoms with E-state index in [1.807, 2.05) is 25.1 Å². The van der Waals surface area contributed by atoms with E-state index in [2.05, 4.69) is 25.9 Å². The Morgan fingerprint density at radius 1 is 1.34 bits per heavy atom. The quantitative estimate of drug-likeness (QED) is 0.330. The van der Waals surface area contributed by atoms with Crippen molar-refractivity contribution in [3.05, 3.63) is 47.6 Å². The Balaban J connectivity index is 1.81. The number of carbonyl (C=O) groups excluding carboxylic acids is 2. The fraction of sp³-hybridized carbons (Fsp3) is 0.500. The highest BCUT2D eigenvalue weighted by atomic mass is 16.6. The van der Waals surface area contributed by atoms with E-state index in [1.165, 1.54) is 11.6 Å². The van der Waals surface area contributed by atoms with Gasteiger partial charge in [-0.3, -0.25) is 4.79 Å². The van der Waals surface area contributed by atoms with Gasteiger partial charge in [-0.1, -0.05) is 31.2 Å². The fourth-order valence-corrected chi connectivity index (χ4v) is 5.71. The van der Waals surface area contributed by atoms with Crippen LogP contribution in [0.3, 0.4) is 0 Å². The molecule has 1 aliphatic heterocycles. The maximum absolute atomic E-state index is 12.9. The summed E-state index contributed by atoms with van der Waals surface area (Å²) in [7, 11) is 4.24. The second-order valence-electron chi connectivity index (χ2n) is 8.47. The maximum Gasteiger partial charge on any atom is 0.336 e. The van der Waals surface area contributed by atoms with E-state index < -0.39 is 12.1 Å². The minimum Gasteiger partial charge on any atom is -0.477 e. The lowest BCUT2D eigenvalue weighted by molar-refractivity contribution is -0.135. The molecule has 2 aliphatic carbocycles. The molecule has 0 radical (unpaired) electrons. The van der Waals surface area contributed by atoms with Crippen molar-refractivity contribution in [2.45, 2.75) is 57.1 Å². The highest BCUT2D eigenvalue weighted by molar-refractivity contribution is 5.90. The molecule has 0 aromatic heterocycles. The van der Waals surface area contributed by atoms with Crippen molar-refractivity contribution in [1.29, 1.82) is 0 Å². The van der Waals surface area contributed by atoms with Crippen molar-refractivity contribution >= 4 is 11.8 Å². The Hall–Kier alpha value is -2.40. The lowest BCUT2D eigenvalue weighted by Gasteiger charge is -2.52. The molecule has 1 aromatic rings. The predicted octanol–water partition coefficient (Wildman–Crippen LogP) is 3.60. The van der Waals surface area contributed by atoms with Gasteiger partial charge in [-0.25, -0.2) is 4.79 Å². The molecular formula is C24H29NO4. The first-order chi connectivity index (χ1) is 13.9. The van der Waals surface area contributed by atoms with Crippen molar-refractivity contribution < 1.29 is 19.1 Å². The van der Waals surface area contributed by atoms with E-state index in [0.29, 0.717) is 29.9 Å². The number of ether oxygens (including phenoxy) is 2. The van der Waals surface area contributed by atoms with Crippen LogP contribution in [0.25, 0.3) is 0 Å². The van der Waals surface area contributed by atoms with Crippen LogP contribution < -0.4 is 9.47 Å². The van der Waals surface area contributed by atoms with Crippen LogP contribution in [0.5, 0.6) is 11.5 Å². The molecule has 29 heavy (non-hydrogen) atoms. The van der Waals surface area contributed by atoms with Crippen molar-refractivity contribution in [2.24, 2.45) is 5.92 Å². The molecule has 154 valence electrons. The molecule has 4 atom stereocenters. The summed E-state index contributed by atoms with van der Waals surface area (Å²) in [6, 6.07) is 4.23. The summed E-state index contributed by atoms with van der Waals surface area (Å²) in [6.07, 6.45) is 9.34. The summed E-state index contributed by atoms with van der Waals surface area (Å²) < 4.78 is 11.9. The average Bonchev–Trinajstić information content (AvgIpc) is 3.07. The molecule has 1 saturated carbocycles. The number of nitrogens with zero attached hydrogens (tertiary/aromatic N) is 1. The standard InChI is InChI=1S/C24H29NO4/c1-5-7-8-9-20(27)28-19-13-10-15-14-17(25(3)4)16-11-12-18(26)23-24(16,6-2)21(15)22(19)29-23/h5,7-10,13,16-17,23H,6,11-12,14H2,1-4H3/b7-5+,9-8+/t16-,17+,23-,24-/m0/s1. The summed E-state index contributed by atoms with van der Waals surface area (Å²) in [6.45, 7) is 4.03. The zero-order valence-corrected chi connectivity index (χ0v) is 17.6. The Morgan fingerprint density at radius 3 is 2.83 bits per heavy atom. The molecule has 0 amide bonds. The molecule has 0 unspecified atom stereocenters. The van der Waals surface area contributed by atoms with Gasteiger partial charge in [0.25, 0.3) is 0 Å². The monoisotopic (exact) mass is 395 g/mol. The van der Waals surface area contributed by atoms with E-state index in [4.69, 9.17) is 9.47 Å². The van der Waals surface area contributed by atoms with Crippen LogP contribution in [0.4, 0.5) is 0 Å². The van der Waals surface area contributed by atoms with Gasteiger partial charge in [-0.2, -0.15) is 0 Å². The lowest BCUT2D eigenvalue weighted by atomic mass is 9.53.